The minimum atomic E-state index is -0.767. The summed E-state index contributed by atoms with van der Waals surface area (Å²) in [6.45, 7) is 5.86. The summed E-state index contributed by atoms with van der Waals surface area (Å²) in [5.41, 5.74) is 1.26. The molecule has 0 fully saturated rings. The number of nitrogens with zero attached hydrogens (tertiary/aromatic N) is 2. The summed E-state index contributed by atoms with van der Waals surface area (Å²) in [6, 6.07) is 4.70. The zero-order valence-corrected chi connectivity index (χ0v) is 17.9. The number of fused-ring (bicyclic) bond motifs is 1. The fraction of sp³-hybridized carbons (Fsp3) is 0.381. The van der Waals surface area contributed by atoms with Gasteiger partial charge in [-0.3, -0.25) is 9.36 Å². The molecule has 8 heteroatoms. The maximum absolute atomic E-state index is 13.2. The van der Waals surface area contributed by atoms with Crippen LogP contribution in [-0.2, 0) is 9.53 Å². The minimum absolute atomic E-state index is 0.219. The molecule has 29 heavy (non-hydrogen) atoms. The molecule has 0 N–H and O–H groups in total. The number of hydrogen-bond acceptors (Lipinski definition) is 7. The molecule has 154 valence electrons. The maximum atomic E-state index is 13.2. The number of carbonyl (C=O) groups excluding carboxylic acids is 1. The van der Waals surface area contributed by atoms with E-state index in [4.69, 9.17) is 14.2 Å². The Bertz CT molecular complexity index is 1090. The van der Waals surface area contributed by atoms with E-state index in [1.165, 1.54) is 22.2 Å². The van der Waals surface area contributed by atoms with Gasteiger partial charge in [0, 0.05) is 10.9 Å². The molecule has 3 rings (SSSR count). The minimum Gasteiger partial charge on any atom is -0.493 e. The Kier molecular flexibility index (Phi) is 6.22. The van der Waals surface area contributed by atoms with Crippen molar-refractivity contribution in [3.05, 3.63) is 40.3 Å². The predicted molar refractivity (Wildman–Crippen MR) is 113 cm³/mol. The second-order valence-electron chi connectivity index (χ2n) is 7.06. The van der Waals surface area contributed by atoms with E-state index in [0.717, 1.165) is 11.1 Å². The van der Waals surface area contributed by atoms with Crippen molar-refractivity contribution in [1.82, 2.24) is 9.55 Å². The summed E-state index contributed by atoms with van der Waals surface area (Å²) in [4.78, 5) is 30.5. The summed E-state index contributed by atoms with van der Waals surface area (Å²) >= 11 is 1.38. The molecule has 0 spiro atoms. The van der Waals surface area contributed by atoms with Crippen LogP contribution in [0.2, 0.25) is 0 Å². The van der Waals surface area contributed by atoms with E-state index in [9.17, 15) is 9.59 Å². The summed E-state index contributed by atoms with van der Waals surface area (Å²) in [7, 11) is 3.13. The average Bonchev–Trinajstić information content (AvgIpc) is 3.16. The van der Waals surface area contributed by atoms with Crippen molar-refractivity contribution in [2.75, 3.05) is 20.8 Å². The molecular weight excluding hydrogens is 392 g/mol. The molecular formula is C21H24N2O5S. The Balaban J connectivity index is 2.05. The van der Waals surface area contributed by atoms with Crippen LogP contribution in [0.5, 0.6) is 11.5 Å². The number of hydrogen-bond donors (Lipinski definition) is 0. The van der Waals surface area contributed by atoms with Gasteiger partial charge in [-0.2, -0.15) is 0 Å². The molecule has 0 bridgehead atoms. The van der Waals surface area contributed by atoms with Crippen LogP contribution in [-0.4, -0.2) is 36.3 Å². The quantitative estimate of drug-likeness (QED) is 0.544. The first kappa shape index (κ1) is 20.9. The van der Waals surface area contributed by atoms with E-state index >= 15 is 0 Å². The van der Waals surface area contributed by atoms with Gasteiger partial charge < -0.3 is 14.2 Å². The van der Waals surface area contributed by atoms with Crippen molar-refractivity contribution in [3.63, 3.8) is 0 Å². The molecule has 0 aliphatic carbocycles. The summed E-state index contributed by atoms with van der Waals surface area (Å²) in [5.74, 6) is 0.939. The molecule has 2 aromatic heterocycles. The van der Waals surface area contributed by atoms with E-state index in [-0.39, 0.29) is 11.5 Å². The van der Waals surface area contributed by atoms with Crippen LogP contribution in [0, 0.1) is 5.92 Å². The lowest BCUT2D eigenvalue weighted by Crippen LogP contribution is -2.30. The highest BCUT2D eigenvalue weighted by Crippen LogP contribution is 2.36. The van der Waals surface area contributed by atoms with Gasteiger partial charge in [-0.25, -0.2) is 9.78 Å². The van der Waals surface area contributed by atoms with Gasteiger partial charge in [-0.15, -0.1) is 11.3 Å². The Morgan fingerprint density at radius 1 is 1.17 bits per heavy atom. The Morgan fingerprint density at radius 3 is 2.55 bits per heavy atom. The van der Waals surface area contributed by atoms with Crippen molar-refractivity contribution >= 4 is 27.5 Å². The summed E-state index contributed by atoms with van der Waals surface area (Å²) < 4.78 is 17.3. The highest BCUT2D eigenvalue weighted by Gasteiger charge is 2.22. The molecule has 1 unspecified atom stereocenters. The van der Waals surface area contributed by atoms with Crippen LogP contribution in [0.15, 0.2) is 34.7 Å². The molecule has 1 aromatic carbocycles. The Hall–Kier alpha value is -2.87. The van der Waals surface area contributed by atoms with Crippen LogP contribution in [0.25, 0.3) is 21.3 Å². The monoisotopic (exact) mass is 416 g/mol. The van der Waals surface area contributed by atoms with Crippen molar-refractivity contribution in [1.29, 1.82) is 0 Å². The Labute approximate surface area is 172 Å². The summed E-state index contributed by atoms with van der Waals surface area (Å²) in [5, 5.41) is 2.35. The fourth-order valence-corrected chi connectivity index (χ4v) is 3.83. The third-order valence-corrected chi connectivity index (χ3v) is 5.42. The molecule has 2 heterocycles. The van der Waals surface area contributed by atoms with E-state index < -0.39 is 12.0 Å². The van der Waals surface area contributed by atoms with Gasteiger partial charge in [0.2, 0.25) is 0 Å². The van der Waals surface area contributed by atoms with Gasteiger partial charge in [-0.05, 0) is 30.5 Å². The second kappa shape index (κ2) is 8.65. The number of esters is 1. The van der Waals surface area contributed by atoms with Gasteiger partial charge in [0.15, 0.2) is 11.5 Å². The molecule has 0 aliphatic rings. The van der Waals surface area contributed by atoms with Crippen molar-refractivity contribution in [3.8, 4) is 22.6 Å². The number of ether oxygens (including phenoxy) is 3. The largest absolute Gasteiger partial charge is 0.493 e. The zero-order chi connectivity index (χ0) is 21.1. The lowest BCUT2D eigenvalue weighted by atomic mass is 10.1. The third-order valence-electron chi connectivity index (χ3n) is 4.53. The fourth-order valence-electron chi connectivity index (χ4n) is 2.92. The number of methoxy groups -OCH3 is 2. The number of benzene rings is 1. The zero-order valence-electron chi connectivity index (χ0n) is 17.1. The molecule has 1 atom stereocenters. The SMILES string of the molecule is COc1ccc(-c2csc3ncn(C(C)C(=O)OCC(C)C)c(=O)c23)cc1OC. The van der Waals surface area contributed by atoms with E-state index in [2.05, 4.69) is 4.98 Å². The van der Waals surface area contributed by atoms with Crippen LogP contribution < -0.4 is 15.0 Å². The first-order valence-corrected chi connectivity index (χ1v) is 10.1. The maximum Gasteiger partial charge on any atom is 0.329 e. The number of carbonyl (C=O) groups is 1. The van der Waals surface area contributed by atoms with Gasteiger partial charge in [0.05, 0.1) is 32.5 Å². The average molecular weight is 416 g/mol. The molecule has 0 amide bonds. The first-order valence-electron chi connectivity index (χ1n) is 9.24. The number of thiophene rings is 1. The molecule has 0 radical (unpaired) electrons. The van der Waals surface area contributed by atoms with Crippen LogP contribution in [0.4, 0.5) is 0 Å². The van der Waals surface area contributed by atoms with Gasteiger partial charge in [0.1, 0.15) is 10.9 Å². The van der Waals surface area contributed by atoms with Crippen LogP contribution >= 0.6 is 11.3 Å². The molecule has 3 aromatic rings. The van der Waals surface area contributed by atoms with E-state index in [1.807, 2.05) is 31.4 Å². The second-order valence-corrected chi connectivity index (χ2v) is 7.91. The third kappa shape index (κ3) is 4.12. The predicted octanol–water partition coefficient (Wildman–Crippen LogP) is 3.90. The molecule has 0 saturated heterocycles. The number of aromatic nitrogens is 2. The van der Waals surface area contributed by atoms with Crippen LogP contribution in [0.3, 0.4) is 0 Å². The standard InChI is InChI=1S/C21H24N2O5S/c1-12(2)9-28-21(25)13(3)23-11-22-19-18(20(23)24)15(10-29-19)14-6-7-16(26-4)17(8-14)27-5/h6-8,10-13H,9H2,1-5H3. The summed E-state index contributed by atoms with van der Waals surface area (Å²) in [6.07, 6.45) is 1.40. The van der Waals surface area contributed by atoms with Gasteiger partial charge in [-0.1, -0.05) is 19.9 Å². The van der Waals surface area contributed by atoms with Gasteiger partial charge >= 0.3 is 5.97 Å². The number of rotatable bonds is 7. The lowest BCUT2D eigenvalue weighted by Gasteiger charge is -2.15. The van der Waals surface area contributed by atoms with Crippen molar-refractivity contribution < 1.29 is 19.0 Å². The molecule has 0 aliphatic heterocycles. The molecule has 0 saturated carbocycles. The van der Waals surface area contributed by atoms with Crippen molar-refractivity contribution in [2.45, 2.75) is 26.8 Å². The van der Waals surface area contributed by atoms with E-state index in [1.54, 1.807) is 27.2 Å². The highest BCUT2D eigenvalue weighted by atomic mass is 32.1. The molecule has 7 nitrogen and oxygen atoms in total. The van der Waals surface area contributed by atoms with E-state index in [0.29, 0.717) is 28.3 Å². The van der Waals surface area contributed by atoms with Crippen molar-refractivity contribution in [2.24, 2.45) is 5.92 Å². The van der Waals surface area contributed by atoms with Gasteiger partial charge in [0.25, 0.3) is 5.56 Å². The topological polar surface area (TPSA) is 79.7 Å². The smallest absolute Gasteiger partial charge is 0.329 e. The Morgan fingerprint density at radius 2 is 1.90 bits per heavy atom. The van der Waals surface area contributed by atoms with Crippen LogP contribution in [0.1, 0.15) is 26.8 Å². The highest BCUT2D eigenvalue weighted by molar-refractivity contribution is 7.17. The normalized spacial score (nSPS) is 12.2. The first-order chi connectivity index (χ1) is 13.9. The lowest BCUT2D eigenvalue weighted by molar-refractivity contribution is -0.148.